The summed E-state index contributed by atoms with van der Waals surface area (Å²) in [6.45, 7) is 1.53. The monoisotopic (exact) mass is 290 g/mol. The fraction of sp³-hybridized carbons (Fsp3) is 0.364. The molecule has 5 nitrogen and oxygen atoms in total. The molecule has 7 heteroatoms. The first-order valence-corrected chi connectivity index (χ1v) is 8.42. The van der Waals surface area contributed by atoms with E-state index in [2.05, 4.69) is 0 Å². The number of aromatic carboxylic acids is 1. The Kier molecular flexibility index (Phi) is 5.03. The van der Waals surface area contributed by atoms with Gasteiger partial charge in [-0.3, -0.25) is 4.21 Å². The third-order valence-electron chi connectivity index (χ3n) is 2.36. The van der Waals surface area contributed by atoms with Crippen LogP contribution in [0.3, 0.4) is 0 Å². The summed E-state index contributed by atoms with van der Waals surface area (Å²) in [5.74, 6) is -1.26. The SMILES string of the molecule is CCS(=O)(=O)CCS(=O)c1cccc(C(=O)O)c1. The zero-order chi connectivity index (χ0) is 13.8. The van der Waals surface area contributed by atoms with Crippen LogP contribution in [0.5, 0.6) is 0 Å². The topological polar surface area (TPSA) is 88.5 Å². The highest BCUT2D eigenvalue weighted by Crippen LogP contribution is 2.10. The fourth-order valence-electron chi connectivity index (χ4n) is 1.24. The van der Waals surface area contributed by atoms with Crippen LogP contribution in [0.15, 0.2) is 29.2 Å². The van der Waals surface area contributed by atoms with E-state index in [1.807, 2.05) is 0 Å². The van der Waals surface area contributed by atoms with Crippen LogP contribution in [0, 0.1) is 0 Å². The van der Waals surface area contributed by atoms with E-state index in [1.165, 1.54) is 31.2 Å². The summed E-state index contributed by atoms with van der Waals surface area (Å²) < 4.78 is 34.4. The Morgan fingerprint density at radius 3 is 2.61 bits per heavy atom. The van der Waals surface area contributed by atoms with Crippen LogP contribution < -0.4 is 0 Å². The van der Waals surface area contributed by atoms with E-state index >= 15 is 0 Å². The Labute approximate surface area is 108 Å². The lowest BCUT2D eigenvalue weighted by Crippen LogP contribution is -2.15. The number of hydrogen-bond donors (Lipinski definition) is 1. The van der Waals surface area contributed by atoms with Gasteiger partial charge in [-0.25, -0.2) is 13.2 Å². The van der Waals surface area contributed by atoms with E-state index in [1.54, 1.807) is 0 Å². The minimum atomic E-state index is -3.16. The Morgan fingerprint density at radius 2 is 2.06 bits per heavy atom. The summed E-state index contributed by atoms with van der Waals surface area (Å²) in [5.41, 5.74) is 0.0409. The molecule has 1 unspecified atom stereocenters. The van der Waals surface area contributed by atoms with Crippen molar-refractivity contribution in [3.05, 3.63) is 29.8 Å². The Hall–Kier alpha value is -1.21. The second kappa shape index (κ2) is 6.10. The molecule has 0 radical (unpaired) electrons. The number of benzene rings is 1. The molecule has 0 bridgehead atoms. The molecule has 1 rings (SSSR count). The highest BCUT2D eigenvalue weighted by Gasteiger charge is 2.13. The molecule has 1 atom stereocenters. The molecule has 0 aliphatic rings. The maximum atomic E-state index is 11.8. The number of sulfone groups is 1. The minimum absolute atomic E-state index is 0.0133. The summed E-state index contributed by atoms with van der Waals surface area (Å²) >= 11 is 0. The van der Waals surface area contributed by atoms with Crippen molar-refractivity contribution in [1.29, 1.82) is 0 Å². The van der Waals surface area contributed by atoms with E-state index in [0.29, 0.717) is 4.90 Å². The van der Waals surface area contributed by atoms with Gasteiger partial charge in [-0.15, -0.1) is 0 Å². The van der Waals surface area contributed by atoms with Crippen LogP contribution in [0.1, 0.15) is 17.3 Å². The normalized spacial score (nSPS) is 13.2. The molecular formula is C11H14O5S2. The van der Waals surface area contributed by atoms with E-state index in [-0.39, 0.29) is 22.8 Å². The number of hydrogen-bond acceptors (Lipinski definition) is 4. The first-order valence-electron chi connectivity index (χ1n) is 5.28. The van der Waals surface area contributed by atoms with Gasteiger partial charge in [0, 0.05) is 16.4 Å². The van der Waals surface area contributed by atoms with Crippen LogP contribution in [-0.4, -0.2) is 41.0 Å². The minimum Gasteiger partial charge on any atom is -0.478 e. The van der Waals surface area contributed by atoms with Crippen LogP contribution >= 0.6 is 0 Å². The van der Waals surface area contributed by atoms with Gasteiger partial charge in [-0.05, 0) is 18.2 Å². The molecule has 18 heavy (non-hydrogen) atoms. The maximum Gasteiger partial charge on any atom is 0.335 e. The summed E-state index contributed by atoms with van der Waals surface area (Å²) in [6.07, 6.45) is 0. The third-order valence-corrected chi connectivity index (χ3v) is 5.68. The molecule has 0 aliphatic carbocycles. The van der Waals surface area contributed by atoms with Crippen LogP contribution in [-0.2, 0) is 20.6 Å². The summed E-state index contributed by atoms with van der Waals surface area (Å²) in [7, 11) is -4.66. The van der Waals surface area contributed by atoms with E-state index in [4.69, 9.17) is 5.11 Å². The number of carbonyl (C=O) groups is 1. The summed E-state index contributed by atoms with van der Waals surface area (Å²) in [5, 5.41) is 8.79. The third kappa shape index (κ3) is 4.23. The van der Waals surface area contributed by atoms with Crippen molar-refractivity contribution in [2.45, 2.75) is 11.8 Å². The highest BCUT2D eigenvalue weighted by molar-refractivity contribution is 7.93. The Balaban J connectivity index is 2.79. The molecule has 1 aromatic carbocycles. The Morgan fingerprint density at radius 1 is 1.39 bits per heavy atom. The average molecular weight is 290 g/mol. The summed E-state index contributed by atoms with van der Waals surface area (Å²) in [4.78, 5) is 11.1. The van der Waals surface area contributed by atoms with Crippen LogP contribution in [0.2, 0.25) is 0 Å². The second-order valence-electron chi connectivity index (χ2n) is 3.62. The average Bonchev–Trinajstić information content (AvgIpc) is 2.36. The van der Waals surface area contributed by atoms with Crippen molar-refractivity contribution in [2.24, 2.45) is 0 Å². The van der Waals surface area contributed by atoms with Crippen molar-refractivity contribution in [1.82, 2.24) is 0 Å². The van der Waals surface area contributed by atoms with Crippen molar-refractivity contribution in [2.75, 3.05) is 17.3 Å². The molecule has 0 fully saturated rings. The van der Waals surface area contributed by atoms with Gasteiger partial charge in [0.1, 0.15) is 0 Å². The zero-order valence-corrected chi connectivity index (χ0v) is 11.5. The smallest absolute Gasteiger partial charge is 0.335 e. The van der Waals surface area contributed by atoms with Gasteiger partial charge in [0.05, 0.1) is 22.1 Å². The van der Waals surface area contributed by atoms with Gasteiger partial charge >= 0.3 is 5.97 Å². The summed E-state index contributed by atoms with van der Waals surface area (Å²) in [6, 6.07) is 5.72. The molecule has 0 spiro atoms. The largest absolute Gasteiger partial charge is 0.478 e. The standard InChI is InChI=1S/C11H14O5S2/c1-2-18(15,16)7-6-17(14)10-5-3-4-9(8-10)11(12)13/h3-5,8H,2,6-7H2,1H3,(H,12,13). The van der Waals surface area contributed by atoms with Gasteiger partial charge in [0.25, 0.3) is 0 Å². The van der Waals surface area contributed by atoms with Gasteiger partial charge in [-0.1, -0.05) is 13.0 Å². The maximum absolute atomic E-state index is 11.8. The molecule has 0 amide bonds. The predicted molar refractivity (Wildman–Crippen MR) is 69.0 cm³/mol. The van der Waals surface area contributed by atoms with Crippen molar-refractivity contribution >= 4 is 26.6 Å². The van der Waals surface area contributed by atoms with E-state index in [0.717, 1.165) is 0 Å². The van der Waals surface area contributed by atoms with Crippen molar-refractivity contribution < 1.29 is 22.5 Å². The molecule has 0 saturated heterocycles. The zero-order valence-electron chi connectivity index (χ0n) is 9.83. The predicted octanol–water partition coefficient (Wildman–Crippen LogP) is 0.927. The van der Waals surface area contributed by atoms with Gasteiger partial charge in [0.2, 0.25) is 0 Å². The molecule has 0 heterocycles. The molecule has 0 aliphatic heterocycles. The molecule has 0 saturated carbocycles. The molecule has 1 aromatic rings. The lowest BCUT2D eigenvalue weighted by molar-refractivity contribution is 0.0696. The molecule has 0 aromatic heterocycles. The highest BCUT2D eigenvalue weighted by atomic mass is 32.2. The molecular weight excluding hydrogens is 276 g/mol. The van der Waals surface area contributed by atoms with E-state index in [9.17, 15) is 17.4 Å². The van der Waals surface area contributed by atoms with Crippen molar-refractivity contribution in [3.63, 3.8) is 0 Å². The molecule has 1 N–H and O–H groups in total. The van der Waals surface area contributed by atoms with Crippen molar-refractivity contribution in [3.8, 4) is 0 Å². The van der Waals surface area contributed by atoms with Gasteiger partial charge < -0.3 is 5.11 Å². The van der Waals surface area contributed by atoms with Gasteiger partial charge in [0.15, 0.2) is 9.84 Å². The lowest BCUT2D eigenvalue weighted by Gasteiger charge is -2.03. The Bertz CT molecular complexity index is 563. The fourth-order valence-corrected chi connectivity index (χ4v) is 3.87. The van der Waals surface area contributed by atoms with Gasteiger partial charge in [-0.2, -0.15) is 0 Å². The molecule has 100 valence electrons. The van der Waals surface area contributed by atoms with Crippen LogP contribution in [0.4, 0.5) is 0 Å². The number of carboxylic acid groups (broad SMARTS) is 1. The van der Waals surface area contributed by atoms with Crippen LogP contribution in [0.25, 0.3) is 0 Å². The lowest BCUT2D eigenvalue weighted by atomic mass is 10.2. The number of carboxylic acids is 1. The second-order valence-corrected chi connectivity index (χ2v) is 7.66. The first kappa shape index (κ1) is 14.8. The first-order chi connectivity index (χ1) is 8.35. The number of rotatable bonds is 6. The quantitative estimate of drug-likeness (QED) is 0.842. The van der Waals surface area contributed by atoms with E-state index < -0.39 is 26.6 Å².